The minimum atomic E-state index is -0.731. The molecule has 2 heterocycles. The minimum absolute atomic E-state index is 0.110. The summed E-state index contributed by atoms with van der Waals surface area (Å²) in [5.41, 5.74) is 1.03. The minimum Gasteiger partial charge on any atom is -0.375 e. The molecule has 8 heteroatoms. The molecule has 2 fully saturated rings. The van der Waals surface area contributed by atoms with Crippen molar-refractivity contribution < 1.29 is 23.9 Å². The Morgan fingerprint density at radius 1 is 1.46 bits per heavy atom. The average molecular weight is 333 g/mol. The molecular weight excluding hydrogens is 314 g/mol. The molecule has 24 heavy (non-hydrogen) atoms. The normalized spacial score (nSPS) is 23.2. The van der Waals surface area contributed by atoms with Crippen LogP contribution >= 0.6 is 0 Å². The zero-order valence-electron chi connectivity index (χ0n) is 13.4. The van der Waals surface area contributed by atoms with E-state index in [9.17, 15) is 19.2 Å². The molecule has 2 aliphatic rings. The number of carbonyl (C=O) groups is 4. The first kappa shape index (κ1) is 17.6. The first-order valence-corrected chi connectivity index (χ1v) is 7.37. The van der Waals surface area contributed by atoms with Crippen molar-refractivity contribution >= 4 is 23.6 Å². The fraction of sp³-hybridized carbons (Fsp3) is 0.375. The fourth-order valence-electron chi connectivity index (χ4n) is 2.69. The number of nitrogens with zero attached hydrogens (tertiary/aromatic N) is 1. The third-order valence-corrected chi connectivity index (χ3v) is 3.88. The quantitative estimate of drug-likeness (QED) is 0.516. The van der Waals surface area contributed by atoms with Crippen LogP contribution in [0.5, 0.6) is 0 Å². The molecule has 0 bridgehead atoms. The Hall–Kier alpha value is -2.74. The van der Waals surface area contributed by atoms with E-state index in [4.69, 9.17) is 4.74 Å². The van der Waals surface area contributed by atoms with E-state index in [2.05, 4.69) is 23.8 Å². The first-order chi connectivity index (χ1) is 11.4. The van der Waals surface area contributed by atoms with Crippen LogP contribution in [0.3, 0.4) is 0 Å². The van der Waals surface area contributed by atoms with E-state index in [0.717, 1.165) is 0 Å². The third kappa shape index (κ3) is 3.43. The van der Waals surface area contributed by atoms with Gasteiger partial charge in [0.25, 0.3) is 5.91 Å². The van der Waals surface area contributed by atoms with Crippen LogP contribution in [0.2, 0.25) is 0 Å². The van der Waals surface area contributed by atoms with Crippen LogP contribution in [0, 0.1) is 0 Å². The SMILES string of the molecule is C=C/C(NC(=O)COC)=C1/CN(C2CCC(=O)NC2=O)C(=O)C1=C. The van der Waals surface area contributed by atoms with E-state index in [1.807, 2.05) is 0 Å². The monoisotopic (exact) mass is 333 g/mol. The van der Waals surface area contributed by atoms with E-state index >= 15 is 0 Å². The summed E-state index contributed by atoms with van der Waals surface area (Å²) in [5.74, 6) is -1.65. The number of allylic oxidation sites excluding steroid dienone is 1. The molecule has 128 valence electrons. The molecule has 1 atom stereocenters. The summed E-state index contributed by atoms with van der Waals surface area (Å²) in [4.78, 5) is 48.7. The highest BCUT2D eigenvalue weighted by Gasteiger charge is 2.40. The van der Waals surface area contributed by atoms with Gasteiger partial charge in [-0.2, -0.15) is 0 Å². The molecule has 0 saturated carbocycles. The molecule has 0 aliphatic carbocycles. The predicted octanol–water partition coefficient (Wildman–Crippen LogP) is -0.607. The standard InChI is InChI=1S/C16H19N3O5/c1-4-11(17-14(21)8-24-3)10-7-19(16(23)9(10)2)12-5-6-13(20)18-15(12)22/h4,12H,1-2,5-8H2,3H3,(H,17,21)(H,18,20,22)/b11-10+. The lowest BCUT2D eigenvalue weighted by Crippen LogP contribution is -2.52. The summed E-state index contributed by atoms with van der Waals surface area (Å²) in [6.45, 7) is 7.35. The topological polar surface area (TPSA) is 105 Å². The van der Waals surface area contributed by atoms with Gasteiger partial charge in [-0.1, -0.05) is 13.2 Å². The summed E-state index contributed by atoms with van der Waals surface area (Å²) >= 11 is 0. The van der Waals surface area contributed by atoms with Crippen molar-refractivity contribution in [3.05, 3.63) is 36.1 Å². The van der Waals surface area contributed by atoms with Crippen molar-refractivity contribution in [2.45, 2.75) is 18.9 Å². The van der Waals surface area contributed by atoms with Gasteiger partial charge in [0.2, 0.25) is 17.7 Å². The van der Waals surface area contributed by atoms with E-state index in [-0.39, 0.29) is 43.4 Å². The van der Waals surface area contributed by atoms with Crippen LogP contribution in [0.4, 0.5) is 0 Å². The van der Waals surface area contributed by atoms with Crippen LogP contribution in [-0.2, 0) is 23.9 Å². The first-order valence-electron chi connectivity index (χ1n) is 7.37. The maximum atomic E-state index is 12.4. The molecule has 4 amide bonds. The number of methoxy groups -OCH3 is 1. The van der Waals surface area contributed by atoms with Gasteiger partial charge in [-0.15, -0.1) is 0 Å². The van der Waals surface area contributed by atoms with Crippen molar-refractivity contribution in [2.24, 2.45) is 0 Å². The van der Waals surface area contributed by atoms with Crippen molar-refractivity contribution in [3.63, 3.8) is 0 Å². The highest BCUT2D eigenvalue weighted by atomic mass is 16.5. The Morgan fingerprint density at radius 3 is 2.75 bits per heavy atom. The summed E-state index contributed by atoms with van der Waals surface area (Å²) < 4.78 is 4.75. The highest BCUT2D eigenvalue weighted by molar-refractivity contribution is 6.06. The summed E-state index contributed by atoms with van der Waals surface area (Å²) in [7, 11) is 1.39. The maximum absolute atomic E-state index is 12.4. The van der Waals surface area contributed by atoms with Crippen LogP contribution in [0.1, 0.15) is 12.8 Å². The molecule has 0 aromatic carbocycles. The van der Waals surface area contributed by atoms with Gasteiger partial charge in [0.15, 0.2) is 0 Å². The predicted molar refractivity (Wildman–Crippen MR) is 84.3 cm³/mol. The molecule has 8 nitrogen and oxygen atoms in total. The number of ether oxygens (including phenoxy) is 1. The summed E-state index contributed by atoms with van der Waals surface area (Å²) in [6.07, 6.45) is 1.84. The molecular formula is C16H19N3O5. The molecule has 0 aromatic heterocycles. The Balaban J connectivity index is 2.23. The zero-order valence-corrected chi connectivity index (χ0v) is 13.4. The van der Waals surface area contributed by atoms with E-state index in [1.54, 1.807) is 0 Å². The smallest absolute Gasteiger partial charge is 0.254 e. The molecule has 1 unspecified atom stereocenters. The average Bonchev–Trinajstić information content (AvgIpc) is 2.81. The Bertz CT molecular complexity index is 665. The van der Waals surface area contributed by atoms with E-state index in [1.165, 1.54) is 18.1 Å². The largest absolute Gasteiger partial charge is 0.375 e. The fourth-order valence-corrected chi connectivity index (χ4v) is 2.69. The van der Waals surface area contributed by atoms with Gasteiger partial charge in [-0.3, -0.25) is 24.5 Å². The van der Waals surface area contributed by atoms with Crippen molar-refractivity contribution in [1.29, 1.82) is 0 Å². The Labute approximate surface area is 139 Å². The second-order valence-corrected chi connectivity index (χ2v) is 5.46. The molecule has 0 aromatic rings. The summed E-state index contributed by atoms with van der Waals surface area (Å²) in [6, 6.07) is -0.731. The second kappa shape index (κ2) is 7.22. The molecule has 0 radical (unpaired) electrons. The van der Waals surface area contributed by atoms with Crippen LogP contribution in [0.15, 0.2) is 36.1 Å². The van der Waals surface area contributed by atoms with Crippen molar-refractivity contribution in [3.8, 4) is 0 Å². The Morgan fingerprint density at radius 2 is 2.17 bits per heavy atom. The number of carbonyl (C=O) groups excluding carboxylic acids is 4. The molecule has 2 saturated heterocycles. The van der Waals surface area contributed by atoms with Crippen LogP contribution < -0.4 is 10.6 Å². The van der Waals surface area contributed by atoms with Gasteiger partial charge in [0.1, 0.15) is 12.6 Å². The van der Waals surface area contributed by atoms with Gasteiger partial charge in [0.05, 0.1) is 0 Å². The molecule has 2 N–H and O–H groups in total. The number of likely N-dealkylation sites (tertiary alicyclic amines) is 1. The highest BCUT2D eigenvalue weighted by Crippen LogP contribution is 2.28. The van der Waals surface area contributed by atoms with Gasteiger partial charge in [-0.25, -0.2) is 0 Å². The summed E-state index contributed by atoms with van der Waals surface area (Å²) in [5, 5.41) is 4.83. The molecule has 2 rings (SSSR count). The van der Waals surface area contributed by atoms with Crippen LogP contribution in [-0.4, -0.2) is 54.8 Å². The lowest BCUT2D eigenvalue weighted by molar-refractivity contribution is -0.142. The van der Waals surface area contributed by atoms with Crippen molar-refractivity contribution in [2.75, 3.05) is 20.3 Å². The van der Waals surface area contributed by atoms with Crippen molar-refractivity contribution in [1.82, 2.24) is 15.5 Å². The number of hydrogen-bond donors (Lipinski definition) is 2. The number of imide groups is 1. The number of hydrogen-bond acceptors (Lipinski definition) is 5. The number of amides is 4. The van der Waals surface area contributed by atoms with E-state index < -0.39 is 17.9 Å². The number of rotatable bonds is 5. The Kier molecular flexibility index (Phi) is 5.30. The number of nitrogens with one attached hydrogen (secondary N) is 2. The van der Waals surface area contributed by atoms with Gasteiger partial charge in [0, 0.05) is 36.9 Å². The lowest BCUT2D eigenvalue weighted by Gasteiger charge is -2.29. The van der Waals surface area contributed by atoms with Gasteiger partial charge in [-0.05, 0) is 12.5 Å². The number of piperidine rings is 1. The van der Waals surface area contributed by atoms with E-state index in [0.29, 0.717) is 11.3 Å². The maximum Gasteiger partial charge on any atom is 0.254 e. The van der Waals surface area contributed by atoms with Gasteiger partial charge >= 0.3 is 0 Å². The molecule has 0 spiro atoms. The molecule has 2 aliphatic heterocycles. The second-order valence-electron chi connectivity index (χ2n) is 5.46. The lowest BCUT2D eigenvalue weighted by atomic mass is 10.0. The van der Waals surface area contributed by atoms with Crippen LogP contribution in [0.25, 0.3) is 0 Å². The zero-order chi connectivity index (χ0) is 17.9. The third-order valence-electron chi connectivity index (χ3n) is 3.88. The van der Waals surface area contributed by atoms with Gasteiger partial charge < -0.3 is 15.0 Å².